The zero-order valence-electron chi connectivity index (χ0n) is 7.77. The third-order valence-electron chi connectivity index (χ3n) is 1.64. The molecule has 1 aromatic rings. The van der Waals surface area contributed by atoms with Crippen LogP contribution in [0.5, 0.6) is 0 Å². The molecule has 0 radical (unpaired) electrons. The number of hydrogen-bond donors (Lipinski definition) is 2. The minimum atomic E-state index is -0.624. The molecule has 1 atom stereocenters. The lowest BCUT2D eigenvalue weighted by Gasteiger charge is -2.09. The number of rotatable bonds is 4. The maximum absolute atomic E-state index is 11.2. The summed E-state index contributed by atoms with van der Waals surface area (Å²) in [6.45, 7) is 0.121. The number of aromatic amines is 1. The van der Waals surface area contributed by atoms with Crippen molar-refractivity contribution in [3.63, 3.8) is 0 Å². The normalized spacial score (nSPS) is 12.7. The van der Waals surface area contributed by atoms with Gasteiger partial charge in [-0.3, -0.25) is 14.7 Å². The second kappa shape index (κ2) is 5.02. The van der Waals surface area contributed by atoms with Gasteiger partial charge in [0.2, 0.25) is 0 Å². The number of hydrogen-bond acceptors (Lipinski definition) is 4. The molecule has 0 fully saturated rings. The highest BCUT2D eigenvalue weighted by atomic mass is 32.2. The Hall–Kier alpha value is -1.01. The zero-order chi connectivity index (χ0) is 10.6. The highest BCUT2D eigenvalue weighted by Gasteiger charge is 2.05. The summed E-state index contributed by atoms with van der Waals surface area (Å²) in [6, 6.07) is 2.35. The van der Waals surface area contributed by atoms with Gasteiger partial charge in [0.15, 0.2) is 0 Å². The predicted octanol–water partition coefficient (Wildman–Crippen LogP) is -0.740. The van der Waals surface area contributed by atoms with E-state index in [9.17, 15) is 14.7 Å². The first-order chi connectivity index (χ1) is 6.63. The van der Waals surface area contributed by atoms with Crippen LogP contribution in [0.3, 0.4) is 0 Å². The van der Waals surface area contributed by atoms with E-state index in [0.29, 0.717) is 5.75 Å². The molecule has 78 valence electrons. The van der Waals surface area contributed by atoms with Gasteiger partial charge < -0.3 is 5.11 Å². The summed E-state index contributed by atoms with van der Waals surface area (Å²) in [7, 11) is 0. The maximum atomic E-state index is 11.2. The van der Waals surface area contributed by atoms with E-state index in [2.05, 4.69) is 5.10 Å². The van der Waals surface area contributed by atoms with E-state index in [1.807, 2.05) is 6.26 Å². The summed E-state index contributed by atoms with van der Waals surface area (Å²) < 4.78 is 1.11. The monoisotopic (exact) mass is 216 g/mol. The fraction of sp³-hybridized carbons (Fsp3) is 0.500. The van der Waals surface area contributed by atoms with Gasteiger partial charge >= 0.3 is 0 Å². The van der Waals surface area contributed by atoms with E-state index >= 15 is 0 Å². The number of nitrogens with one attached hydrogen (secondary N) is 1. The lowest BCUT2D eigenvalue weighted by molar-refractivity contribution is 0.170. The summed E-state index contributed by atoms with van der Waals surface area (Å²) in [5.74, 6) is 0.531. The number of aromatic nitrogens is 2. The van der Waals surface area contributed by atoms with Crippen LogP contribution < -0.4 is 11.1 Å². The van der Waals surface area contributed by atoms with Crippen molar-refractivity contribution in [1.82, 2.24) is 9.78 Å². The Bertz CT molecular complexity index is 398. The molecule has 1 heterocycles. The third kappa shape index (κ3) is 3.04. The quantitative estimate of drug-likeness (QED) is 0.695. The van der Waals surface area contributed by atoms with Gasteiger partial charge in [0.05, 0.1) is 12.6 Å². The van der Waals surface area contributed by atoms with Crippen LogP contribution in [-0.2, 0) is 6.54 Å². The van der Waals surface area contributed by atoms with Crippen molar-refractivity contribution in [1.29, 1.82) is 0 Å². The summed E-state index contributed by atoms with van der Waals surface area (Å²) in [6.07, 6.45) is 1.24. The first kappa shape index (κ1) is 11.1. The second-order valence-electron chi connectivity index (χ2n) is 2.87. The van der Waals surface area contributed by atoms with Gasteiger partial charge in [0, 0.05) is 17.9 Å². The van der Waals surface area contributed by atoms with Crippen LogP contribution >= 0.6 is 11.8 Å². The molecule has 0 saturated carbocycles. The zero-order valence-corrected chi connectivity index (χ0v) is 8.58. The fourth-order valence-corrected chi connectivity index (χ4v) is 1.54. The van der Waals surface area contributed by atoms with Crippen LogP contribution in [0, 0.1) is 0 Å². The molecular formula is C8H12N2O3S. The average Bonchev–Trinajstić information content (AvgIpc) is 2.12. The molecule has 6 heteroatoms. The van der Waals surface area contributed by atoms with Gasteiger partial charge in [-0.15, -0.1) is 0 Å². The van der Waals surface area contributed by atoms with Gasteiger partial charge in [-0.25, -0.2) is 4.68 Å². The van der Waals surface area contributed by atoms with Crippen molar-refractivity contribution in [2.45, 2.75) is 12.6 Å². The summed E-state index contributed by atoms with van der Waals surface area (Å²) >= 11 is 1.48. The van der Waals surface area contributed by atoms with E-state index in [-0.39, 0.29) is 17.7 Å². The Morgan fingerprint density at radius 3 is 2.93 bits per heavy atom. The van der Waals surface area contributed by atoms with Gasteiger partial charge in [-0.2, -0.15) is 11.8 Å². The van der Waals surface area contributed by atoms with E-state index < -0.39 is 6.10 Å². The topological polar surface area (TPSA) is 75.1 Å². The predicted molar refractivity (Wildman–Crippen MR) is 55.7 cm³/mol. The highest BCUT2D eigenvalue weighted by Crippen LogP contribution is 1.97. The average molecular weight is 216 g/mol. The van der Waals surface area contributed by atoms with Crippen molar-refractivity contribution in [2.24, 2.45) is 0 Å². The molecule has 0 aliphatic heterocycles. The Balaban J connectivity index is 2.80. The van der Waals surface area contributed by atoms with E-state index in [0.717, 1.165) is 4.68 Å². The minimum absolute atomic E-state index is 0.121. The lowest BCUT2D eigenvalue weighted by Crippen LogP contribution is -2.33. The molecule has 2 N–H and O–H groups in total. The van der Waals surface area contributed by atoms with Gasteiger partial charge in [0.1, 0.15) is 0 Å². The number of aliphatic hydroxyl groups is 1. The van der Waals surface area contributed by atoms with Crippen LogP contribution in [0.1, 0.15) is 0 Å². The summed E-state index contributed by atoms with van der Waals surface area (Å²) in [5.41, 5.74) is -0.661. The molecule has 1 aromatic heterocycles. The number of aliphatic hydroxyl groups excluding tert-OH is 1. The summed E-state index contributed by atoms with van der Waals surface area (Å²) in [4.78, 5) is 22.1. The molecule has 1 rings (SSSR count). The molecule has 0 aromatic carbocycles. The van der Waals surface area contributed by atoms with Crippen LogP contribution in [0.4, 0.5) is 0 Å². The molecule has 0 aliphatic carbocycles. The van der Waals surface area contributed by atoms with Crippen molar-refractivity contribution < 1.29 is 5.11 Å². The van der Waals surface area contributed by atoms with Crippen molar-refractivity contribution >= 4 is 11.8 Å². The Labute approximate surface area is 84.7 Å². The van der Waals surface area contributed by atoms with Crippen molar-refractivity contribution in [3.8, 4) is 0 Å². The maximum Gasteiger partial charge on any atom is 0.265 e. The molecule has 5 nitrogen and oxygen atoms in total. The second-order valence-corrected chi connectivity index (χ2v) is 3.78. The number of H-pyrrole nitrogens is 1. The standard InChI is InChI=1S/C8H12N2O3S/c1-14-5-6(11)4-10-8(13)3-2-7(12)9-10/h2-3,6,11H,4-5H2,1H3,(H,9,12). The third-order valence-corrected chi connectivity index (χ3v) is 2.36. The molecule has 0 bridgehead atoms. The Morgan fingerprint density at radius 2 is 2.29 bits per heavy atom. The molecule has 14 heavy (non-hydrogen) atoms. The van der Waals surface area contributed by atoms with Crippen LogP contribution in [0.25, 0.3) is 0 Å². The molecule has 0 spiro atoms. The SMILES string of the molecule is CSCC(O)Cn1[nH]c(=O)ccc1=O. The molecule has 0 aliphatic rings. The summed E-state index contributed by atoms with van der Waals surface area (Å²) in [5, 5.41) is 11.8. The smallest absolute Gasteiger partial charge is 0.265 e. The lowest BCUT2D eigenvalue weighted by atomic mass is 10.4. The number of thioether (sulfide) groups is 1. The number of nitrogens with zero attached hydrogens (tertiary/aromatic N) is 1. The molecular weight excluding hydrogens is 204 g/mol. The van der Waals surface area contributed by atoms with Crippen molar-refractivity contribution in [2.75, 3.05) is 12.0 Å². The van der Waals surface area contributed by atoms with E-state index in [1.54, 1.807) is 0 Å². The van der Waals surface area contributed by atoms with E-state index in [4.69, 9.17) is 0 Å². The van der Waals surface area contributed by atoms with Crippen LogP contribution in [0.15, 0.2) is 21.7 Å². The van der Waals surface area contributed by atoms with Crippen molar-refractivity contribution in [3.05, 3.63) is 32.8 Å². The van der Waals surface area contributed by atoms with Gasteiger partial charge in [-0.1, -0.05) is 0 Å². The van der Waals surface area contributed by atoms with Gasteiger partial charge in [0.25, 0.3) is 11.1 Å². The fourth-order valence-electron chi connectivity index (χ4n) is 1.05. The first-order valence-electron chi connectivity index (χ1n) is 4.10. The minimum Gasteiger partial charge on any atom is -0.390 e. The molecule has 0 amide bonds. The first-order valence-corrected chi connectivity index (χ1v) is 5.50. The van der Waals surface area contributed by atoms with Crippen LogP contribution in [-0.4, -0.2) is 33.0 Å². The largest absolute Gasteiger partial charge is 0.390 e. The Morgan fingerprint density at radius 1 is 1.57 bits per heavy atom. The highest BCUT2D eigenvalue weighted by molar-refractivity contribution is 7.98. The molecule has 1 unspecified atom stereocenters. The van der Waals surface area contributed by atoms with E-state index in [1.165, 1.54) is 23.9 Å². The van der Waals surface area contributed by atoms with Gasteiger partial charge in [-0.05, 0) is 6.26 Å². The molecule has 0 saturated heterocycles. The Kier molecular flexibility index (Phi) is 3.97. The van der Waals surface area contributed by atoms with Crippen LogP contribution in [0.2, 0.25) is 0 Å².